The summed E-state index contributed by atoms with van der Waals surface area (Å²) in [6, 6.07) is 1.94. The lowest BCUT2D eigenvalue weighted by atomic mass is 10.1. The summed E-state index contributed by atoms with van der Waals surface area (Å²) in [7, 11) is 1.86. The number of imidazole rings is 1. The van der Waals surface area contributed by atoms with Gasteiger partial charge < -0.3 is 14.7 Å². The van der Waals surface area contributed by atoms with E-state index >= 15 is 0 Å². The van der Waals surface area contributed by atoms with Gasteiger partial charge in [0.25, 0.3) is 0 Å². The van der Waals surface area contributed by atoms with Crippen molar-refractivity contribution in [2.45, 2.75) is 39.6 Å². The van der Waals surface area contributed by atoms with E-state index in [9.17, 15) is 9.90 Å². The van der Waals surface area contributed by atoms with Crippen molar-refractivity contribution in [2.24, 2.45) is 7.05 Å². The Labute approximate surface area is 157 Å². The molecule has 0 radical (unpaired) electrons. The molecule has 27 heavy (non-hydrogen) atoms. The third-order valence-corrected chi connectivity index (χ3v) is 5.28. The van der Waals surface area contributed by atoms with Crippen molar-refractivity contribution in [3.63, 3.8) is 0 Å². The molecule has 4 heterocycles. The van der Waals surface area contributed by atoms with Crippen molar-refractivity contribution in [3.05, 3.63) is 68.9 Å². The number of rotatable bonds is 4. The van der Waals surface area contributed by atoms with E-state index in [1.165, 1.54) is 0 Å². The van der Waals surface area contributed by atoms with Gasteiger partial charge in [-0.05, 0) is 19.9 Å². The smallest absolute Gasteiger partial charge is 0.187 e. The predicted octanol–water partition coefficient (Wildman–Crippen LogP) is 1.02. The van der Waals surface area contributed by atoms with Crippen LogP contribution in [-0.4, -0.2) is 40.9 Å². The number of aromatic amines is 1. The fourth-order valence-electron chi connectivity index (χ4n) is 3.57. The second kappa shape index (κ2) is 6.79. The molecule has 1 aliphatic heterocycles. The number of nitrogens with one attached hydrogen (secondary N) is 1. The molecule has 0 saturated heterocycles. The number of aryl methyl sites for hydroxylation is 2. The maximum Gasteiger partial charge on any atom is 0.187 e. The highest BCUT2D eigenvalue weighted by Crippen LogP contribution is 2.23. The molecule has 8 nitrogen and oxygen atoms in total. The maximum absolute atomic E-state index is 12.2. The molecule has 3 aromatic rings. The fraction of sp³-hybridized carbons (Fsp3) is 0.421. The van der Waals surface area contributed by atoms with Gasteiger partial charge in [-0.25, -0.2) is 4.98 Å². The van der Waals surface area contributed by atoms with Crippen LogP contribution in [0.1, 0.15) is 40.1 Å². The van der Waals surface area contributed by atoms with Crippen LogP contribution in [0, 0.1) is 13.8 Å². The number of pyridine rings is 1. The summed E-state index contributed by atoms with van der Waals surface area (Å²) in [5.41, 5.74) is 4.23. The first-order chi connectivity index (χ1) is 12.9. The van der Waals surface area contributed by atoms with Crippen molar-refractivity contribution in [1.29, 1.82) is 0 Å². The molecule has 1 unspecified atom stereocenters. The molecule has 2 N–H and O–H groups in total. The van der Waals surface area contributed by atoms with Gasteiger partial charge in [-0.1, -0.05) is 0 Å². The van der Waals surface area contributed by atoms with Crippen LogP contribution < -0.4 is 5.43 Å². The van der Waals surface area contributed by atoms with Crippen LogP contribution >= 0.6 is 0 Å². The Hall–Kier alpha value is -2.71. The highest BCUT2D eigenvalue weighted by molar-refractivity contribution is 5.24. The Kier molecular flexibility index (Phi) is 4.45. The minimum atomic E-state index is -0.841. The SMILES string of the molecule is Cc1c[nH]c(CN2CCn3nc(C(O)c4nccn4C)cc3C2)c(C)c1=O. The zero-order valence-corrected chi connectivity index (χ0v) is 15.8. The van der Waals surface area contributed by atoms with Gasteiger partial charge in [0.15, 0.2) is 11.5 Å². The number of aliphatic hydroxyl groups is 1. The number of nitrogens with zero attached hydrogens (tertiary/aromatic N) is 5. The maximum atomic E-state index is 12.2. The van der Waals surface area contributed by atoms with Crippen LogP contribution in [0.25, 0.3) is 0 Å². The van der Waals surface area contributed by atoms with Gasteiger partial charge in [0.05, 0.1) is 17.9 Å². The third kappa shape index (κ3) is 3.22. The van der Waals surface area contributed by atoms with Crippen LogP contribution in [0.3, 0.4) is 0 Å². The van der Waals surface area contributed by atoms with Crippen molar-refractivity contribution < 1.29 is 5.11 Å². The lowest BCUT2D eigenvalue weighted by molar-refractivity contribution is 0.193. The second-order valence-corrected chi connectivity index (χ2v) is 7.20. The van der Waals surface area contributed by atoms with Crippen LogP contribution in [0.2, 0.25) is 0 Å². The third-order valence-electron chi connectivity index (χ3n) is 5.28. The van der Waals surface area contributed by atoms with E-state index in [0.717, 1.165) is 42.1 Å². The minimum absolute atomic E-state index is 0.103. The summed E-state index contributed by atoms with van der Waals surface area (Å²) in [6.45, 7) is 6.68. The average molecular weight is 368 g/mol. The molecule has 0 aromatic carbocycles. The van der Waals surface area contributed by atoms with Crippen LogP contribution in [0.4, 0.5) is 0 Å². The molecular formula is C19H24N6O2. The van der Waals surface area contributed by atoms with Gasteiger partial charge in [0.2, 0.25) is 0 Å². The number of aromatic nitrogens is 5. The highest BCUT2D eigenvalue weighted by Gasteiger charge is 2.24. The molecule has 1 aliphatic rings. The number of hydrogen-bond acceptors (Lipinski definition) is 5. The largest absolute Gasteiger partial charge is 0.379 e. The standard InChI is InChI=1S/C19H24N6O2/c1-12-9-21-16(13(2)17(12)26)11-24-6-7-25-14(10-24)8-15(22-25)18(27)19-20-4-5-23(19)3/h4-5,8-9,18,27H,6-7,10-11H2,1-3H3,(H,21,26). The molecule has 3 aromatic heterocycles. The topological polar surface area (TPSA) is 92.0 Å². The van der Waals surface area contributed by atoms with Crippen molar-refractivity contribution in [1.82, 2.24) is 29.2 Å². The Morgan fingerprint density at radius 1 is 1.33 bits per heavy atom. The Morgan fingerprint density at radius 2 is 2.15 bits per heavy atom. The first-order valence-electron chi connectivity index (χ1n) is 9.06. The van der Waals surface area contributed by atoms with Crippen LogP contribution in [-0.2, 0) is 26.7 Å². The molecular weight excluding hydrogens is 344 g/mol. The van der Waals surface area contributed by atoms with Gasteiger partial charge in [-0.3, -0.25) is 14.4 Å². The lowest BCUT2D eigenvalue weighted by Gasteiger charge is -2.27. The normalized spacial score (nSPS) is 15.7. The summed E-state index contributed by atoms with van der Waals surface area (Å²) >= 11 is 0. The predicted molar refractivity (Wildman–Crippen MR) is 100 cm³/mol. The second-order valence-electron chi connectivity index (χ2n) is 7.20. The van der Waals surface area contributed by atoms with E-state index in [2.05, 4.69) is 20.0 Å². The summed E-state index contributed by atoms with van der Waals surface area (Å²) in [4.78, 5) is 21.9. The zero-order chi connectivity index (χ0) is 19.1. The lowest BCUT2D eigenvalue weighted by Crippen LogP contribution is -2.34. The minimum Gasteiger partial charge on any atom is -0.379 e. The number of fused-ring (bicyclic) bond motifs is 1. The first-order valence-corrected chi connectivity index (χ1v) is 9.06. The Morgan fingerprint density at radius 3 is 2.89 bits per heavy atom. The molecule has 1 atom stereocenters. The van der Waals surface area contributed by atoms with E-state index in [4.69, 9.17) is 0 Å². The monoisotopic (exact) mass is 368 g/mol. The van der Waals surface area contributed by atoms with Crippen LogP contribution in [0.5, 0.6) is 0 Å². The van der Waals surface area contributed by atoms with Crippen molar-refractivity contribution in [3.8, 4) is 0 Å². The quantitative estimate of drug-likeness (QED) is 0.717. The molecule has 0 amide bonds. The number of aliphatic hydroxyl groups excluding tert-OH is 1. The van der Waals surface area contributed by atoms with Gasteiger partial charge in [-0.2, -0.15) is 5.10 Å². The van der Waals surface area contributed by atoms with Crippen molar-refractivity contribution >= 4 is 0 Å². The number of hydrogen-bond donors (Lipinski definition) is 2. The summed E-state index contributed by atoms with van der Waals surface area (Å²) < 4.78 is 3.74. The van der Waals surface area contributed by atoms with Crippen molar-refractivity contribution in [2.75, 3.05) is 6.54 Å². The number of H-pyrrole nitrogens is 1. The molecule has 0 aliphatic carbocycles. The van der Waals surface area contributed by atoms with E-state index in [1.807, 2.05) is 31.6 Å². The van der Waals surface area contributed by atoms with Gasteiger partial charge >= 0.3 is 0 Å². The van der Waals surface area contributed by atoms with E-state index in [0.29, 0.717) is 18.1 Å². The molecule has 8 heteroatoms. The molecule has 4 rings (SSSR count). The van der Waals surface area contributed by atoms with E-state index in [-0.39, 0.29) is 5.43 Å². The summed E-state index contributed by atoms with van der Waals surface area (Å²) in [5.74, 6) is 0.579. The summed E-state index contributed by atoms with van der Waals surface area (Å²) in [6.07, 6.45) is 4.41. The molecule has 142 valence electrons. The molecule has 0 bridgehead atoms. The Bertz CT molecular complexity index is 1030. The molecule has 0 spiro atoms. The average Bonchev–Trinajstić information content (AvgIpc) is 3.27. The van der Waals surface area contributed by atoms with E-state index in [1.54, 1.807) is 23.2 Å². The highest BCUT2D eigenvalue weighted by atomic mass is 16.3. The van der Waals surface area contributed by atoms with E-state index < -0.39 is 6.10 Å². The van der Waals surface area contributed by atoms with Gasteiger partial charge in [-0.15, -0.1) is 0 Å². The molecule has 0 fully saturated rings. The fourth-order valence-corrected chi connectivity index (χ4v) is 3.57. The van der Waals surface area contributed by atoms with Gasteiger partial charge in [0, 0.05) is 62.1 Å². The zero-order valence-electron chi connectivity index (χ0n) is 15.8. The Balaban J connectivity index is 1.52. The first kappa shape index (κ1) is 17.7. The van der Waals surface area contributed by atoms with Crippen LogP contribution in [0.15, 0.2) is 29.5 Å². The molecule has 0 saturated carbocycles. The summed E-state index contributed by atoms with van der Waals surface area (Å²) in [5, 5.41) is 15.2. The van der Waals surface area contributed by atoms with Gasteiger partial charge in [0.1, 0.15) is 5.82 Å².